The van der Waals surface area contributed by atoms with Crippen molar-refractivity contribution in [3.05, 3.63) is 58.0 Å². The van der Waals surface area contributed by atoms with E-state index >= 15 is 0 Å². The Morgan fingerprint density at radius 2 is 1.90 bits per heavy atom. The van der Waals surface area contributed by atoms with Gasteiger partial charge in [-0.05, 0) is 29.8 Å². The fourth-order valence-corrected chi connectivity index (χ4v) is 3.06. The number of hydrogen-bond acceptors (Lipinski definition) is 6. The van der Waals surface area contributed by atoms with Crippen LogP contribution in [0, 0.1) is 5.82 Å². The number of ether oxygens (including phenoxy) is 1. The largest absolute Gasteiger partial charge is 0.466 e. The van der Waals surface area contributed by atoms with Crippen molar-refractivity contribution in [1.29, 1.82) is 0 Å². The molecule has 0 aliphatic rings. The highest BCUT2D eigenvalue weighted by atomic mass is 35.5. The topological polar surface area (TPSA) is 71.8 Å². The van der Waals surface area contributed by atoms with E-state index in [1.54, 1.807) is 0 Å². The number of carbonyl (C=O) groups excluding carboxylic acids is 1. The van der Waals surface area contributed by atoms with Crippen molar-refractivity contribution in [1.82, 2.24) is 9.94 Å². The van der Waals surface area contributed by atoms with Crippen LogP contribution in [-0.4, -0.2) is 23.0 Å². The highest BCUT2D eigenvalue weighted by molar-refractivity contribution is 6.31. The fraction of sp³-hybridized carbons (Fsp3) is 0.111. The Labute approximate surface area is 170 Å². The Morgan fingerprint density at radius 3 is 2.50 bits per heavy atom. The van der Waals surface area contributed by atoms with Gasteiger partial charge in [0.05, 0.1) is 12.5 Å². The summed E-state index contributed by atoms with van der Waals surface area (Å²) in [5, 5.41) is 7.07. The lowest BCUT2D eigenvalue weighted by molar-refractivity contribution is -0.146. The first-order valence-electron chi connectivity index (χ1n) is 8.08. The maximum absolute atomic E-state index is 13.4. The molecule has 0 aliphatic heterocycles. The maximum atomic E-state index is 13.4. The molecule has 1 heterocycles. The third kappa shape index (κ3) is 3.96. The summed E-state index contributed by atoms with van der Waals surface area (Å²) in [4.78, 5) is 19.2. The summed E-state index contributed by atoms with van der Waals surface area (Å²) in [6.45, 7) is 0. The Bertz CT molecular complexity index is 1140. The van der Waals surface area contributed by atoms with E-state index in [1.165, 1.54) is 12.1 Å². The molecule has 0 radical (unpaired) electrons. The number of esters is 1. The van der Waals surface area contributed by atoms with Gasteiger partial charge in [-0.15, -0.1) is 5.10 Å². The van der Waals surface area contributed by atoms with Gasteiger partial charge in [-0.25, -0.2) is 9.18 Å². The third-order valence-corrected chi connectivity index (χ3v) is 4.50. The Morgan fingerprint density at radius 1 is 1.17 bits per heavy atom. The standard InChI is InChI=1S/C18H11ClF4N2O5/c1-27-15(26)5-4-13-16-14(25(24-13)30-23)7-10(17(28-21)18(16)29-22)6-9-2-3-11(20)8-12(9)19/h2-5,7-8H,6H2,1H3/b5-4+. The molecular weight excluding hydrogens is 436 g/mol. The van der Waals surface area contributed by atoms with Gasteiger partial charge < -0.3 is 4.74 Å². The summed E-state index contributed by atoms with van der Waals surface area (Å²) in [6.07, 6.45) is 1.79. The molecule has 0 aliphatic carbocycles. The molecule has 3 rings (SSSR count). The van der Waals surface area contributed by atoms with E-state index in [0.717, 1.165) is 31.4 Å². The van der Waals surface area contributed by atoms with E-state index in [9.17, 15) is 22.8 Å². The number of methoxy groups -OCH3 is 1. The van der Waals surface area contributed by atoms with E-state index in [0.29, 0.717) is 10.4 Å². The normalized spacial score (nSPS) is 11.1. The lowest BCUT2D eigenvalue weighted by Gasteiger charge is -2.11. The average molecular weight is 447 g/mol. The van der Waals surface area contributed by atoms with Crippen LogP contribution in [0.25, 0.3) is 17.0 Å². The summed E-state index contributed by atoms with van der Waals surface area (Å²) in [5.41, 5.74) is -0.125. The first-order valence-corrected chi connectivity index (χ1v) is 8.46. The van der Waals surface area contributed by atoms with Crippen LogP contribution in [0.15, 0.2) is 30.3 Å². The molecule has 7 nitrogen and oxygen atoms in total. The number of hydrogen-bond donors (Lipinski definition) is 0. The molecule has 0 amide bonds. The van der Waals surface area contributed by atoms with Gasteiger partial charge >= 0.3 is 5.97 Å². The number of benzene rings is 2. The molecule has 0 saturated heterocycles. The molecule has 0 bridgehead atoms. The van der Waals surface area contributed by atoms with Crippen molar-refractivity contribution < 1.29 is 42.4 Å². The Hall–Kier alpha value is -3.47. The van der Waals surface area contributed by atoms with E-state index in [1.807, 2.05) is 0 Å². The van der Waals surface area contributed by atoms with E-state index in [4.69, 9.17) is 11.6 Å². The predicted octanol–water partition coefficient (Wildman–Crippen LogP) is 4.45. The number of fused-ring (bicyclic) bond motifs is 1. The lowest BCUT2D eigenvalue weighted by atomic mass is 10.0. The van der Waals surface area contributed by atoms with Crippen LogP contribution in [0.3, 0.4) is 0 Å². The molecule has 0 N–H and O–H groups in total. The summed E-state index contributed by atoms with van der Waals surface area (Å²) >= 11 is 5.98. The van der Waals surface area contributed by atoms with Gasteiger partial charge in [-0.1, -0.05) is 22.5 Å². The monoisotopic (exact) mass is 446 g/mol. The second kappa shape index (κ2) is 8.91. The van der Waals surface area contributed by atoms with Gasteiger partial charge in [0.25, 0.3) is 0 Å². The van der Waals surface area contributed by atoms with Crippen LogP contribution < -0.4 is 14.9 Å². The first-order chi connectivity index (χ1) is 14.4. The Kier molecular flexibility index (Phi) is 6.31. The first kappa shape index (κ1) is 21.2. The second-order valence-electron chi connectivity index (χ2n) is 5.84. The number of carbonyl (C=O) groups is 1. The molecule has 0 atom stereocenters. The molecular formula is C18H11ClF4N2O5. The smallest absolute Gasteiger partial charge is 0.330 e. The summed E-state index contributed by atoms with van der Waals surface area (Å²) in [6, 6.07) is 4.65. The summed E-state index contributed by atoms with van der Waals surface area (Å²) < 4.78 is 57.5. The third-order valence-electron chi connectivity index (χ3n) is 4.15. The van der Waals surface area contributed by atoms with Crippen LogP contribution in [0.5, 0.6) is 11.5 Å². The number of aromatic nitrogens is 2. The van der Waals surface area contributed by atoms with Crippen molar-refractivity contribution in [3.8, 4) is 11.5 Å². The maximum Gasteiger partial charge on any atom is 0.330 e. The van der Waals surface area contributed by atoms with Crippen molar-refractivity contribution in [3.63, 3.8) is 0 Å². The van der Waals surface area contributed by atoms with E-state index in [-0.39, 0.29) is 33.6 Å². The van der Waals surface area contributed by atoms with Crippen LogP contribution in [0.2, 0.25) is 5.02 Å². The van der Waals surface area contributed by atoms with Crippen molar-refractivity contribution in [2.75, 3.05) is 7.11 Å². The van der Waals surface area contributed by atoms with Crippen molar-refractivity contribution in [2.24, 2.45) is 0 Å². The summed E-state index contributed by atoms with van der Waals surface area (Å²) in [5.74, 6) is -2.88. The molecule has 3 aromatic rings. The molecule has 1 aromatic heterocycles. The number of halogens is 5. The second-order valence-corrected chi connectivity index (χ2v) is 6.25. The predicted molar refractivity (Wildman–Crippen MR) is 96.2 cm³/mol. The SMILES string of the molecule is COC(=O)/C=C/c1nn(OF)c2cc(Cc3ccc(F)cc3Cl)c(OF)c(OF)c12. The van der Waals surface area contributed by atoms with Gasteiger partial charge in [0.15, 0.2) is 0 Å². The van der Waals surface area contributed by atoms with Crippen LogP contribution in [-0.2, 0) is 16.0 Å². The quantitative estimate of drug-likeness (QED) is 0.303. The fourth-order valence-electron chi connectivity index (χ4n) is 2.82. The van der Waals surface area contributed by atoms with Gasteiger partial charge in [0.2, 0.25) is 11.5 Å². The zero-order valence-corrected chi connectivity index (χ0v) is 15.8. The Balaban J connectivity index is 2.22. The highest BCUT2D eigenvalue weighted by Gasteiger charge is 2.26. The molecule has 12 heteroatoms. The van der Waals surface area contributed by atoms with Gasteiger partial charge in [-0.3, -0.25) is 9.88 Å². The molecule has 2 aromatic carbocycles. The van der Waals surface area contributed by atoms with E-state index < -0.39 is 23.3 Å². The van der Waals surface area contributed by atoms with E-state index in [2.05, 4.69) is 24.8 Å². The highest BCUT2D eigenvalue weighted by Crippen LogP contribution is 2.43. The minimum atomic E-state index is -0.795. The zero-order chi connectivity index (χ0) is 21.8. The average Bonchev–Trinajstić information content (AvgIpc) is 3.10. The summed E-state index contributed by atoms with van der Waals surface area (Å²) in [7, 11) is 1.12. The van der Waals surface area contributed by atoms with Gasteiger partial charge in [0.1, 0.15) is 17.0 Å². The van der Waals surface area contributed by atoms with Crippen LogP contribution in [0.1, 0.15) is 16.8 Å². The van der Waals surface area contributed by atoms with Crippen molar-refractivity contribution in [2.45, 2.75) is 6.42 Å². The number of nitrogens with zero attached hydrogens (tertiary/aromatic N) is 2. The minimum absolute atomic E-state index is 0.0135. The number of rotatable bonds is 7. The molecule has 0 spiro atoms. The lowest BCUT2D eigenvalue weighted by Crippen LogP contribution is -2.04. The minimum Gasteiger partial charge on any atom is -0.466 e. The molecule has 158 valence electrons. The van der Waals surface area contributed by atoms with Gasteiger partial charge in [-0.2, -0.15) is 5.04 Å². The molecule has 0 unspecified atom stereocenters. The molecule has 0 fully saturated rings. The molecule has 0 saturated carbocycles. The van der Waals surface area contributed by atoms with Crippen molar-refractivity contribution >= 4 is 34.5 Å². The van der Waals surface area contributed by atoms with Gasteiger partial charge in [0, 0.05) is 36.7 Å². The zero-order valence-electron chi connectivity index (χ0n) is 15.0. The van der Waals surface area contributed by atoms with Crippen LogP contribution >= 0.6 is 11.6 Å². The van der Waals surface area contributed by atoms with Crippen LogP contribution in [0.4, 0.5) is 18.0 Å². The molecule has 30 heavy (non-hydrogen) atoms.